The van der Waals surface area contributed by atoms with Gasteiger partial charge in [0.25, 0.3) is 0 Å². The number of hydrogen-bond acceptors (Lipinski definition) is 4. The smallest absolute Gasteiger partial charge is 0.245 e. The lowest BCUT2D eigenvalue weighted by Gasteiger charge is -2.31. The average molecular weight is 495 g/mol. The summed E-state index contributed by atoms with van der Waals surface area (Å²) in [6.07, 6.45) is 3.25. The molecule has 0 bridgehead atoms. The SMILES string of the molecule is CCc1ccccc1OCCC[C@@H]1C[C@H](Oc2ccccc2)CN1C(=O)[C@@H](NC(=O)C(C)C)C(C)C. The first-order valence-corrected chi connectivity index (χ1v) is 13.3. The quantitative estimate of drug-likeness (QED) is 0.409. The van der Waals surface area contributed by atoms with Crippen molar-refractivity contribution < 1.29 is 19.1 Å². The predicted molar refractivity (Wildman–Crippen MR) is 143 cm³/mol. The van der Waals surface area contributed by atoms with Crippen molar-refractivity contribution in [3.63, 3.8) is 0 Å². The van der Waals surface area contributed by atoms with Crippen LogP contribution in [0.5, 0.6) is 11.5 Å². The Balaban J connectivity index is 1.68. The summed E-state index contributed by atoms with van der Waals surface area (Å²) in [4.78, 5) is 28.1. The van der Waals surface area contributed by atoms with Crippen LogP contribution in [0.15, 0.2) is 54.6 Å². The second kappa shape index (κ2) is 13.3. The molecule has 0 aromatic heterocycles. The molecule has 1 N–H and O–H groups in total. The number of ether oxygens (including phenoxy) is 2. The first kappa shape index (κ1) is 27.6. The topological polar surface area (TPSA) is 67.9 Å². The second-order valence-corrected chi connectivity index (χ2v) is 10.3. The lowest BCUT2D eigenvalue weighted by atomic mass is 10.0. The number of para-hydroxylation sites is 2. The van der Waals surface area contributed by atoms with Crippen molar-refractivity contribution in [2.45, 2.75) is 78.5 Å². The maximum absolute atomic E-state index is 13.7. The van der Waals surface area contributed by atoms with E-state index < -0.39 is 6.04 Å². The summed E-state index contributed by atoms with van der Waals surface area (Å²) in [6.45, 7) is 10.9. The molecule has 1 aliphatic heterocycles. The van der Waals surface area contributed by atoms with Gasteiger partial charge < -0.3 is 19.7 Å². The van der Waals surface area contributed by atoms with Crippen molar-refractivity contribution in [1.82, 2.24) is 10.2 Å². The van der Waals surface area contributed by atoms with Gasteiger partial charge in [-0.1, -0.05) is 71.0 Å². The fourth-order valence-electron chi connectivity index (χ4n) is 4.64. The van der Waals surface area contributed by atoms with Crippen LogP contribution in [0, 0.1) is 11.8 Å². The van der Waals surface area contributed by atoms with Gasteiger partial charge in [-0.05, 0) is 48.9 Å². The van der Waals surface area contributed by atoms with Crippen LogP contribution in [0.4, 0.5) is 0 Å². The minimum Gasteiger partial charge on any atom is -0.493 e. The van der Waals surface area contributed by atoms with E-state index in [-0.39, 0.29) is 35.8 Å². The number of nitrogens with zero attached hydrogens (tertiary/aromatic N) is 1. The van der Waals surface area contributed by atoms with E-state index in [2.05, 4.69) is 18.3 Å². The molecule has 0 spiro atoms. The minimum absolute atomic E-state index is 0.0104. The van der Waals surface area contributed by atoms with Crippen molar-refractivity contribution in [3.8, 4) is 11.5 Å². The fourth-order valence-corrected chi connectivity index (χ4v) is 4.64. The molecule has 1 aliphatic rings. The number of hydrogen-bond donors (Lipinski definition) is 1. The Kier molecular flexibility index (Phi) is 10.2. The highest BCUT2D eigenvalue weighted by Gasteiger charge is 2.40. The molecule has 6 heteroatoms. The van der Waals surface area contributed by atoms with Crippen LogP contribution in [0.2, 0.25) is 0 Å². The van der Waals surface area contributed by atoms with Crippen molar-refractivity contribution in [2.24, 2.45) is 11.8 Å². The molecule has 0 aliphatic carbocycles. The lowest BCUT2D eigenvalue weighted by molar-refractivity contribution is -0.139. The van der Waals surface area contributed by atoms with E-state index in [1.54, 1.807) is 0 Å². The van der Waals surface area contributed by atoms with E-state index >= 15 is 0 Å². The molecular weight excluding hydrogens is 452 g/mol. The Labute approximate surface area is 216 Å². The predicted octanol–water partition coefficient (Wildman–Crippen LogP) is 5.25. The van der Waals surface area contributed by atoms with Gasteiger partial charge in [0.1, 0.15) is 23.6 Å². The summed E-state index contributed by atoms with van der Waals surface area (Å²) in [6, 6.07) is 17.4. The van der Waals surface area contributed by atoms with E-state index in [9.17, 15) is 9.59 Å². The van der Waals surface area contributed by atoms with Gasteiger partial charge in [0, 0.05) is 18.4 Å². The van der Waals surface area contributed by atoms with Gasteiger partial charge in [-0.25, -0.2) is 0 Å². The van der Waals surface area contributed by atoms with Gasteiger partial charge in [-0.2, -0.15) is 0 Å². The molecule has 36 heavy (non-hydrogen) atoms. The van der Waals surface area contributed by atoms with Crippen molar-refractivity contribution in [2.75, 3.05) is 13.2 Å². The Morgan fingerprint density at radius 3 is 2.39 bits per heavy atom. The van der Waals surface area contributed by atoms with Gasteiger partial charge in [0.05, 0.1) is 13.2 Å². The van der Waals surface area contributed by atoms with Gasteiger partial charge in [0.2, 0.25) is 11.8 Å². The van der Waals surface area contributed by atoms with E-state index in [0.29, 0.717) is 13.2 Å². The minimum atomic E-state index is -0.550. The normalized spacial score (nSPS) is 18.4. The zero-order valence-corrected chi connectivity index (χ0v) is 22.4. The average Bonchev–Trinajstić information content (AvgIpc) is 3.27. The third kappa shape index (κ3) is 7.49. The summed E-state index contributed by atoms with van der Waals surface area (Å²) < 4.78 is 12.3. The highest BCUT2D eigenvalue weighted by atomic mass is 16.5. The van der Waals surface area contributed by atoms with Crippen LogP contribution in [0.1, 0.15) is 59.4 Å². The zero-order valence-electron chi connectivity index (χ0n) is 22.4. The van der Waals surface area contributed by atoms with E-state index in [1.807, 2.05) is 81.1 Å². The Morgan fingerprint density at radius 2 is 1.72 bits per heavy atom. The number of likely N-dealkylation sites (tertiary alicyclic amines) is 1. The largest absolute Gasteiger partial charge is 0.493 e. The standard InChI is InChI=1S/C30H42N2O4/c1-6-23-13-10-11-17-27(23)35-18-12-14-24-19-26(36-25-15-8-7-9-16-25)20-32(24)30(34)28(21(2)3)31-29(33)22(4)5/h7-11,13,15-17,21-22,24,26,28H,6,12,14,18-20H2,1-5H3,(H,31,33)/t24-,26+,28+/m1/s1. The third-order valence-corrected chi connectivity index (χ3v) is 6.75. The molecule has 0 saturated carbocycles. The van der Waals surface area contributed by atoms with E-state index in [4.69, 9.17) is 9.47 Å². The maximum atomic E-state index is 13.7. The number of carbonyl (C=O) groups is 2. The highest BCUT2D eigenvalue weighted by molar-refractivity contribution is 5.88. The number of nitrogens with one attached hydrogen (secondary N) is 1. The summed E-state index contributed by atoms with van der Waals surface area (Å²) in [5.41, 5.74) is 1.20. The maximum Gasteiger partial charge on any atom is 0.245 e. The molecule has 3 rings (SSSR count). The Bertz CT molecular complexity index is 976. The lowest BCUT2D eigenvalue weighted by Crippen LogP contribution is -2.53. The van der Waals surface area contributed by atoms with E-state index in [0.717, 1.165) is 37.2 Å². The number of benzene rings is 2. The molecule has 2 amide bonds. The molecule has 3 atom stereocenters. The monoisotopic (exact) mass is 494 g/mol. The van der Waals surface area contributed by atoms with Crippen molar-refractivity contribution >= 4 is 11.8 Å². The molecule has 2 aromatic carbocycles. The second-order valence-electron chi connectivity index (χ2n) is 10.3. The zero-order chi connectivity index (χ0) is 26.1. The van der Waals surface area contributed by atoms with Gasteiger partial charge in [-0.3, -0.25) is 9.59 Å². The fraction of sp³-hybridized carbons (Fsp3) is 0.533. The van der Waals surface area contributed by atoms with Gasteiger partial charge >= 0.3 is 0 Å². The first-order valence-electron chi connectivity index (χ1n) is 13.3. The molecule has 1 saturated heterocycles. The van der Waals surface area contributed by atoms with Crippen molar-refractivity contribution in [1.29, 1.82) is 0 Å². The Hall–Kier alpha value is -3.02. The summed E-state index contributed by atoms with van der Waals surface area (Å²) >= 11 is 0. The van der Waals surface area contributed by atoms with E-state index in [1.165, 1.54) is 5.56 Å². The third-order valence-electron chi connectivity index (χ3n) is 6.75. The number of amides is 2. The molecule has 1 fully saturated rings. The molecule has 196 valence electrons. The number of rotatable bonds is 12. The molecule has 2 aromatic rings. The molecule has 0 radical (unpaired) electrons. The number of carbonyl (C=O) groups excluding carboxylic acids is 2. The number of aryl methyl sites for hydroxylation is 1. The van der Waals surface area contributed by atoms with Crippen LogP contribution >= 0.6 is 0 Å². The summed E-state index contributed by atoms with van der Waals surface area (Å²) in [5, 5.41) is 2.98. The van der Waals surface area contributed by atoms with Crippen LogP contribution in [-0.2, 0) is 16.0 Å². The molecule has 1 heterocycles. The molecule has 6 nitrogen and oxygen atoms in total. The van der Waals surface area contributed by atoms with Crippen LogP contribution in [-0.4, -0.2) is 48.1 Å². The highest BCUT2D eigenvalue weighted by Crippen LogP contribution is 2.28. The Morgan fingerprint density at radius 1 is 1.03 bits per heavy atom. The van der Waals surface area contributed by atoms with Crippen LogP contribution in [0.3, 0.4) is 0 Å². The summed E-state index contributed by atoms with van der Waals surface area (Å²) in [5.74, 6) is 1.43. The van der Waals surface area contributed by atoms with Gasteiger partial charge in [0.15, 0.2) is 0 Å². The van der Waals surface area contributed by atoms with Crippen LogP contribution in [0.25, 0.3) is 0 Å². The molecular formula is C30H42N2O4. The van der Waals surface area contributed by atoms with Crippen LogP contribution < -0.4 is 14.8 Å². The van der Waals surface area contributed by atoms with Gasteiger partial charge in [-0.15, -0.1) is 0 Å². The van der Waals surface area contributed by atoms with Crippen molar-refractivity contribution in [3.05, 3.63) is 60.2 Å². The molecule has 0 unspecified atom stereocenters. The first-order chi connectivity index (χ1) is 17.3. The summed E-state index contributed by atoms with van der Waals surface area (Å²) in [7, 11) is 0.